The van der Waals surface area contributed by atoms with Crippen LogP contribution >= 0.6 is 0 Å². The molecule has 0 radical (unpaired) electrons. The lowest BCUT2D eigenvalue weighted by molar-refractivity contribution is 0.202. The molecule has 1 aliphatic heterocycles. The van der Waals surface area contributed by atoms with Gasteiger partial charge in [-0.25, -0.2) is 12.8 Å². The number of sulfonamides is 1. The van der Waals surface area contributed by atoms with Crippen LogP contribution in [0.25, 0.3) is 0 Å². The van der Waals surface area contributed by atoms with Crippen LogP contribution in [-0.4, -0.2) is 25.3 Å². The largest absolute Gasteiger partial charge is 0.399 e. The maximum atomic E-state index is 13.8. The Bertz CT molecular complexity index is 574. The molecule has 1 aromatic rings. The fraction of sp³-hybridized carbons (Fsp3) is 0.538. The number of hydrogen-bond acceptors (Lipinski definition) is 3. The maximum absolute atomic E-state index is 13.8. The van der Waals surface area contributed by atoms with Gasteiger partial charge in [-0.05, 0) is 43.9 Å². The molecule has 1 saturated heterocycles. The Labute approximate surface area is 113 Å². The van der Waals surface area contributed by atoms with Gasteiger partial charge in [0.2, 0.25) is 10.0 Å². The summed E-state index contributed by atoms with van der Waals surface area (Å²) >= 11 is 0. The summed E-state index contributed by atoms with van der Waals surface area (Å²) in [6.45, 7) is 4.33. The average Bonchev–Trinajstić information content (AvgIpc) is 2.31. The molecule has 19 heavy (non-hydrogen) atoms. The Morgan fingerprint density at radius 2 is 2.05 bits per heavy atom. The summed E-state index contributed by atoms with van der Waals surface area (Å²) in [6.07, 6.45) is 1.80. The lowest BCUT2D eigenvalue weighted by Gasteiger charge is -2.36. The standard InChI is InChI=1S/C13H19FN2O2S/c1-9-4-3-7-16(10(9)2)19(17,18)13-6-5-11(15)8-12(13)14/h5-6,8-10H,3-4,7,15H2,1-2H3. The summed E-state index contributed by atoms with van der Waals surface area (Å²) in [7, 11) is -3.79. The van der Waals surface area contributed by atoms with Crippen molar-refractivity contribution in [2.24, 2.45) is 5.92 Å². The molecule has 0 amide bonds. The van der Waals surface area contributed by atoms with E-state index >= 15 is 0 Å². The smallest absolute Gasteiger partial charge is 0.246 e. The molecule has 2 rings (SSSR count). The monoisotopic (exact) mass is 286 g/mol. The summed E-state index contributed by atoms with van der Waals surface area (Å²) in [6, 6.07) is 3.58. The first-order valence-corrected chi connectivity index (χ1v) is 7.85. The summed E-state index contributed by atoms with van der Waals surface area (Å²) in [5.41, 5.74) is 5.67. The van der Waals surface area contributed by atoms with Gasteiger partial charge in [-0.15, -0.1) is 0 Å². The summed E-state index contributed by atoms with van der Waals surface area (Å²) < 4.78 is 40.3. The molecule has 0 saturated carbocycles. The Kier molecular flexibility index (Phi) is 3.82. The second-order valence-electron chi connectivity index (χ2n) is 5.17. The van der Waals surface area contributed by atoms with Crippen LogP contribution in [0.1, 0.15) is 26.7 Å². The van der Waals surface area contributed by atoms with Crippen LogP contribution in [-0.2, 0) is 10.0 Å². The van der Waals surface area contributed by atoms with E-state index in [0.717, 1.165) is 18.9 Å². The lowest BCUT2D eigenvalue weighted by atomic mass is 9.94. The molecule has 1 aliphatic rings. The number of anilines is 1. The Balaban J connectivity index is 2.41. The first-order valence-electron chi connectivity index (χ1n) is 6.41. The average molecular weight is 286 g/mol. The summed E-state index contributed by atoms with van der Waals surface area (Å²) in [5, 5.41) is 0. The van der Waals surface area contributed by atoms with Crippen LogP contribution in [0.3, 0.4) is 0 Å². The minimum absolute atomic E-state index is 0.115. The van der Waals surface area contributed by atoms with E-state index in [0.29, 0.717) is 6.54 Å². The third kappa shape index (κ3) is 2.60. The van der Waals surface area contributed by atoms with Crippen LogP contribution in [0, 0.1) is 11.7 Å². The van der Waals surface area contributed by atoms with Crippen LogP contribution in [0.2, 0.25) is 0 Å². The number of hydrogen-bond donors (Lipinski definition) is 1. The molecular formula is C13H19FN2O2S. The SMILES string of the molecule is CC1CCCN(S(=O)(=O)c2ccc(N)cc2F)C1C. The van der Waals surface area contributed by atoms with Gasteiger partial charge in [0.15, 0.2) is 0 Å². The van der Waals surface area contributed by atoms with Gasteiger partial charge in [-0.2, -0.15) is 4.31 Å². The lowest BCUT2D eigenvalue weighted by Crippen LogP contribution is -2.46. The van der Waals surface area contributed by atoms with Crippen molar-refractivity contribution >= 4 is 15.7 Å². The number of nitrogens with two attached hydrogens (primary N) is 1. The van der Waals surface area contributed by atoms with Crippen LogP contribution < -0.4 is 5.73 Å². The van der Waals surface area contributed by atoms with Crippen molar-refractivity contribution in [2.45, 2.75) is 37.6 Å². The Morgan fingerprint density at radius 1 is 1.37 bits per heavy atom. The van der Waals surface area contributed by atoms with Crippen LogP contribution in [0.4, 0.5) is 10.1 Å². The molecule has 0 aromatic heterocycles. The molecule has 0 aliphatic carbocycles. The molecule has 2 N–H and O–H groups in total. The summed E-state index contributed by atoms with van der Waals surface area (Å²) in [4.78, 5) is -0.289. The van der Waals surface area contributed by atoms with E-state index in [9.17, 15) is 12.8 Å². The van der Waals surface area contributed by atoms with Crippen molar-refractivity contribution in [1.82, 2.24) is 4.31 Å². The van der Waals surface area contributed by atoms with Crippen molar-refractivity contribution in [2.75, 3.05) is 12.3 Å². The maximum Gasteiger partial charge on any atom is 0.246 e. The first kappa shape index (κ1) is 14.3. The third-order valence-corrected chi connectivity index (χ3v) is 5.88. The second-order valence-corrected chi connectivity index (χ2v) is 7.02. The Hall–Kier alpha value is -1.14. The van der Waals surface area contributed by atoms with E-state index in [-0.39, 0.29) is 22.5 Å². The van der Waals surface area contributed by atoms with Crippen LogP contribution in [0.5, 0.6) is 0 Å². The molecular weight excluding hydrogens is 267 g/mol. The Morgan fingerprint density at radius 3 is 2.68 bits per heavy atom. The van der Waals surface area contributed by atoms with Gasteiger partial charge in [0.25, 0.3) is 0 Å². The van der Waals surface area contributed by atoms with E-state index in [1.165, 1.54) is 16.4 Å². The van der Waals surface area contributed by atoms with E-state index in [4.69, 9.17) is 5.73 Å². The molecule has 106 valence electrons. The van der Waals surface area contributed by atoms with Gasteiger partial charge in [0.05, 0.1) is 0 Å². The predicted octanol–water partition coefficient (Wildman–Crippen LogP) is 2.22. The highest BCUT2D eigenvalue weighted by atomic mass is 32.2. The van der Waals surface area contributed by atoms with Gasteiger partial charge in [-0.3, -0.25) is 0 Å². The number of nitrogens with zero attached hydrogens (tertiary/aromatic N) is 1. The number of piperidine rings is 1. The zero-order chi connectivity index (χ0) is 14.2. The highest BCUT2D eigenvalue weighted by molar-refractivity contribution is 7.89. The molecule has 6 heteroatoms. The molecule has 2 atom stereocenters. The number of halogens is 1. The molecule has 4 nitrogen and oxygen atoms in total. The van der Waals surface area contributed by atoms with Gasteiger partial charge in [-0.1, -0.05) is 6.92 Å². The predicted molar refractivity (Wildman–Crippen MR) is 72.6 cm³/mol. The minimum atomic E-state index is -3.79. The van der Waals surface area contributed by atoms with Gasteiger partial charge in [0, 0.05) is 18.3 Å². The van der Waals surface area contributed by atoms with E-state index < -0.39 is 15.8 Å². The molecule has 1 heterocycles. The first-order chi connectivity index (χ1) is 8.84. The van der Waals surface area contributed by atoms with Gasteiger partial charge >= 0.3 is 0 Å². The zero-order valence-electron chi connectivity index (χ0n) is 11.1. The highest BCUT2D eigenvalue weighted by Gasteiger charge is 2.35. The third-order valence-electron chi connectivity index (χ3n) is 3.86. The quantitative estimate of drug-likeness (QED) is 0.848. The molecule has 0 spiro atoms. The molecule has 2 unspecified atom stereocenters. The van der Waals surface area contributed by atoms with E-state index in [1.54, 1.807) is 0 Å². The summed E-state index contributed by atoms with van der Waals surface area (Å²) in [5.74, 6) is -0.509. The minimum Gasteiger partial charge on any atom is -0.399 e. The topological polar surface area (TPSA) is 63.4 Å². The van der Waals surface area contributed by atoms with Crippen LogP contribution in [0.15, 0.2) is 23.1 Å². The highest BCUT2D eigenvalue weighted by Crippen LogP contribution is 2.30. The van der Waals surface area contributed by atoms with Gasteiger partial charge < -0.3 is 5.73 Å². The van der Waals surface area contributed by atoms with Crippen molar-refractivity contribution in [3.05, 3.63) is 24.0 Å². The zero-order valence-corrected chi connectivity index (χ0v) is 12.0. The number of nitrogen functional groups attached to an aromatic ring is 1. The molecule has 1 fully saturated rings. The fourth-order valence-electron chi connectivity index (χ4n) is 2.49. The second kappa shape index (κ2) is 5.09. The normalized spacial score (nSPS) is 25.4. The van der Waals surface area contributed by atoms with E-state index in [1.807, 2.05) is 13.8 Å². The molecule has 1 aromatic carbocycles. The van der Waals surface area contributed by atoms with Crippen molar-refractivity contribution in [1.29, 1.82) is 0 Å². The van der Waals surface area contributed by atoms with Gasteiger partial charge in [0.1, 0.15) is 10.7 Å². The van der Waals surface area contributed by atoms with Crippen molar-refractivity contribution in [3.8, 4) is 0 Å². The van der Waals surface area contributed by atoms with Crippen molar-refractivity contribution in [3.63, 3.8) is 0 Å². The number of benzene rings is 1. The molecule has 0 bridgehead atoms. The van der Waals surface area contributed by atoms with Crippen molar-refractivity contribution < 1.29 is 12.8 Å². The number of rotatable bonds is 2. The fourth-order valence-corrected chi connectivity index (χ4v) is 4.30. The van der Waals surface area contributed by atoms with E-state index in [2.05, 4.69) is 0 Å².